The number of alkyl halides is 3. The molecule has 0 spiro atoms. The van der Waals surface area contributed by atoms with Crippen LogP contribution in [0.15, 0.2) is 91.0 Å². The molecule has 2 heterocycles. The summed E-state index contributed by atoms with van der Waals surface area (Å²) in [6.45, 7) is 9.14. The van der Waals surface area contributed by atoms with Crippen LogP contribution in [-0.2, 0) is 61.8 Å². The van der Waals surface area contributed by atoms with Crippen LogP contribution in [0.4, 0.5) is 0 Å². The van der Waals surface area contributed by atoms with E-state index in [1.165, 1.54) is 36.4 Å². The lowest BCUT2D eigenvalue weighted by Gasteiger charge is -2.32. The minimum absolute atomic E-state index is 0.0768. The Hall–Kier alpha value is -5.30. The highest BCUT2D eigenvalue weighted by Gasteiger charge is 2.58. The Morgan fingerprint density at radius 1 is 0.576 bits per heavy atom. The van der Waals surface area contributed by atoms with E-state index in [-0.39, 0.29) is 16.7 Å². The van der Waals surface area contributed by atoms with Crippen molar-refractivity contribution in [3.63, 3.8) is 0 Å². The molecule has 2 aliphatic rings. The molecule has 1 unspecified atom stereocenters. The molecule has 356 valence electrons. The molecule has 0 aliphatic carbocycles. The molecule has 66 heavy (non-hydrogen) atoms. The van der Waals surface area contributed by atoms with Gasteiger partial charge in [0.25, 0.3) is 3.79 Å². The van der Waals surface area contributed by atoms with Crippen LogP contribution in [-0.4, -0.2) is 114 Å². The molecule has 2 aliphatic heterocycles. The van der Waals surface area contributed by atoms with Crippen LogP contribution < -0.4 is 0 Å². The van der Waals surface area contributed by atoms with Gasteiger partial charge in [-0.25, -0.2) is 14.4 Å². The highest BCUT2D eigenvalue weighted by Crippen LogP contribution is 2.38. The first-order chi connectivity index (χ1) is 30.9. The summed E-state index contributed by atoms with van der Waals surface area (Å²) < 4.78 is 57.2. The number of carbonyl (C=O) groups excluding carboxylic acids is 6. The summed E-state index contributed by atoms with van der Waals surface area (Å²) >= 11 is 17.9. The number of halogens is 3. The third-order valence-corrected chi connectivity index (χ3v) is 10.2. The Labute approximate surface area is 395 Å². The number of carbonyl (C=O) groups is 6. The van der Waals surface area contributed by atoms with Crippen molar-refractivity contribution in [2.24, 2.45) is 10.8 Å². The summed E-state index contributed by atoms with van der Waals surface area (Å²) in [7, 11) is 0. The van der Waals surface area contributed by atoms with Gasteiger partial charge in [-0.15, -0.1) is 0 Å². The van der Waals surface area contributed by atoms with Crippen LogP contribution in [0.25, 0.3) is 0 Å². The quantitative estimate of drug-likeness (QED) is 0.0534. The third-order valence-electron chi connectivity index (χ3n) is 9.68. The molecule has 2 fully saturated rings. The van der Waals surface area contributed by atoms with E-state index in [4.69, 9.17) is 87.6 Å². The minimum atomic E-state index is -2.45. The second-order valence-electron chi connectivity index (χ2n) is 17.1. The van der Waals surface area contributed by atoms with Crippen molar-refractivity contribution in [2.75, 3.05) is 13.2 Å². The zero-order valence-electron chi connectivity index (χ0n) is 36.9. The lowest BCUT2D eigenvalue weighted by Crippen LogP contribution is -2.50. The molecule has 5 rings (SSSR count). The first kappa shape index (κ1) is 51.7. The minimum Gasteiger partial charge on any atom is -0.462 e. The predicted octanol–water partition coefficient (Wildman–Crippen LogP) is 6.97. The van der Waals surface area contributed by atoms with Crippen molar-refractivity contribution in [1.29, 1.82) is 5.41 Å². The van der Waals surface area contributed by atoms with E-state index in [2.05, 4.69) is 0 Å². The fraction of sp³-hybridized carbons (Fsp3) is 0.457. The highest BCUT2D eigenvalue weighted by molar-refractivity contribution is 6.76. The van der Waals surface area contributed by atoms with Crippen molar-refractivity contribution in [3.8, 4) is 0 Å². The molecule has 20 heteroatoms. The molecule has 9 atom stereocenters. The maximum absolute atomic E-state index is 13.9. The van der Waals surface area contributed by atoms with E-state index in [0.29, 0.717) is 0 Å². The van der Waals surface area contributed by atoms with Gasteiger partial charge in [-0.1, -0.05) is 89.4 Å². The SMILES string of the molecule is CC(=O)O[C@H]1[C@H]([C@@H](COC(=O)C(C)(C)C)O[C@H]2O[C@H](COC(=O)c3ccccc3)[C@@H](OC(=O)c3ccccc3)[C@@H]2OC(=O)c2ccccc2)OC(OC(=N)C(Cl)(Cl)Cl)[C@@H]1OC(=O)C(C)(C)C. The molecule has 3 aromatic rings. The zero-order chi connectivity index (χ0) is 48.6. The molecule has 0 amide bonds. The molecule has 17 nitrogen and oxygen atoms in total. The monoisotopic (exact) mass is 977 g/mol. The van der Waals surface area contributed by atoms with Crippen LogP contribution in [0.1, 0.15) is 79.5 Å². The third kappa shape index (κ3) is 13.9. The van der Waals surface area contributed by atoms with Crippen LogP contribution in [0.2, 0.25) is 0 Å². The average molecular weight is 979 g/mol. The Balaban J connectivity index is 1.61. The van der Waals surface area contributed by atoms with Crippen LogP contribution in [0.3, 0.4) is 0 Å². The van der Waals surface area contributed by atoms with Gasteiger partial charge in [-0.3, -0.25) is 19.8 Å². The van der Waals surface area contributed by atoms with Gasteiger partial charge in [0.15, 0.2) is 24.6 Å². The molecule has 0 radical (unpaired) electrons. The summed E-state index contributed by atoms with van der Waals surface area (Å²) in [5.41, 5.74) is -1.86. The smallest absolute Gasteiger partial charge is 0.338 e. The molecule has 1 N–H and O–H groups in total. The molecular weight excluding hydrogens is 929 g/mol. The summed E-state index contributed by atoms with van der Waals surface area (Å²) in [5.74, 6) is -6.02. The Morgan fingerprint density at radius 3 is 1.52 bits per heavy atom. The molecule has 0 aromatic heterocycles. The largest absolute Gasteiger partial charge is 0.462 e. The first-order valence-corrected chi connectivity index (χ1v) is 21.7. The van der Waals surface area contributed by atoms with E-state index in [1.54, 1.807) is 96.1 Å². The van der Waals surface area contributed by atoms with Crippen molar-refractivity contribution in [2.45, 2.75) is 108 Å². The second kappa shape index (κ2) is 22.0. The standard InChI is InChI=1S/C46H50Cl3NO16/c1-25(51)59-33-31(64-40(66-41(50)46(47,48)49)35(33)65-43(56)45(5,6)7)30(24-58-42(55)44(2,3)4)61-39-34(63-38(54)28-21-15-10-16-22-28)32(62-37(53)27-19-13-9-14-20-27)29(60-39)23-57-36(52)26-17-11-8-12-18-26/h8-22,29-35,39-40,50H,23-24H2,1-7H3/t29-,30-,31+,32-,33+,34+,35-,39-,40?/m1/s1. The fourth-order valence-corrected chi connectivity index (χ4v) is 6.42. The van der Waals surface area contributed by atoms with Gasteiger partial charge in [0.05, 0.1) is 27.5 Å². The Bertz CT molecular complexity index is 2190. The number of hydrogen-bond donors (Lipinski definition) is 1. The lowest BCUT2D eigenvalue weighted by molar-refractivity contribution is -0.238. The number of benzene rings is 3. The van der Waals surface area contributed by atoms with Crippen LogP contribution >= 0.6 is 34.8 Å². The van der Waals surface area contributed by atoms with Crippen molar-refractivity contribution < 1.29 is 76.1 Å². The molecule has 0 saturated carbocycles. The van der Waals surface area contributed by atoms with Gasteiger partial charge in [-0.05, 0) is 77.9 Å². The summed E-state index contributed by atoms with van der Waals surface area (Å²) in [6.07, 6.45) is -14.9. The van der Waals surface area contributed by atoms with Crippen LogP contribution in [0.5, 0.6) is 0 Å². The zero-order valence-corrected chi connectivity index (χ0v) is 39.2. The number of ether oxygens (including phenoxy) is 10. The van der Waals surface area contributed by atoms with Gasteiger partial charge >= 0.3 is 35.8 Å². The average Bonchev–Trinajstić information content (AvgIpc) is 3.75. The molecular formula is C46H50Cl3NO16. The Morgan fingerprint density at radius 2 is 1.05 bits per heavy atom. The summed E-state index contributed by atoms with van der Waals surface area (Å²) in [5, 5.41) is 8.32. The van der Waals surface area contributed by atoms with Crippen LogP contribution in [0, 0.1) is 16.2 Å². The lowest BCUT2D eigenvalue weighted by atomic mass is 9.97. The predicted molar refractivity (Wildman–Crippen MR) is 235 cm³/mol. The van der Waals surface area contributed by atoms with E-state index >= 15 is 0 Å². The van der Waals surface area contributed by atoms with Gasteiger partial charge in [-0.2, -0.15) is 0 Å². The van der Waals surface area contributed by atoms with Gasteiger partial charge in [0.1, 0.15) is 31.5 Å². The topological polar surface area (TPSA) is 219 Å². The fourth-order valence-electron chi connectivity index (χ4n) is 6.29. The normalized spacial score (nSPS) is 23.4. The molecule has 3 aromatic carbocycles. The van der Waals surface area contributed by atoms with E-state index in [9.17, 15) is 28.8 Å². The van der Waals surface area contributed by atoms with Gasteiger partial charge < -0.3 is 47.4 Å². The summed E-state index contributed by atoms with van der Waals surface area (Å²) in [6, 6.07) is 23.6. The first-order valence-electron chi connectivity index (χ1n) is 20.5. The Kier molecular flexibility index (Phi) is 17.2. The summed E-state index contributed by atoms with van der Waals surface area (Å²) in [4.78, 5) is 80.4. The van der Waals surface area contributed by atoms with Crippen molar-refractivity contribution >= 4 is 76.5 Å². The van der Waals surface area contributed by atoms with Crippen molar-refractivity contribution in [1.82, 2.24) is 0 Å². The number of esters is 6. The van der Waals surface area contributed by atoms with Gasteiger partial charge in [0.2, 0.25) is 18.3 Å². The second-order valence-corrected chi connectivity index (χ2v) is 19.4. The number of nitrogens with one attached hydrogen (secondary N) is 1. The number of hydrogen-bond acceptors (Lipinski definition) is 17. The maximum atomic E-state index is 13.9. The van der Waals surface area contributed by atoms with E-state index in [1.807, 2.05) is 0 Å². The maximum Gasteiger partial charge on any atom is 0.338 e. The highest BCUT2D eigenvalue weighted by atomic mass is 35.6. The van der Waals surface area contributed by atoms with E-state index in [0.717, 1.165) is 6.92 Å². The number of rotatable bonds is 15. The van der Waals surface area contributed by atoms with Crippen molar-refractivity contribution in [3.05, 3.63) is 108 Å². The van der Waals surface area contributed by atoms with Gasteiger partial charge in [0, 0.05) is 6.92 Å². The van der Waals surface area contributed by atoms with E-state index < -0.39 is 125 Å². The molecule has 0 bridgehead atoms. The molecule has 2 saturated heterocycles.